The molecule has 2 aromatic heterocycles. The van der Waals surface area contributed by atoms with Crippen LogP contribution in [-0.2, 0) is 18.4 Å². The number of carboxylic acids is 1. The van der Waals surface area contributed by atoms with Gasteiger partial charge in [0.25, 0.3) is 0 Å². The Balaban J connectivity index is 2.42. The van der Waals surface area contributed by atoms with E-state index in [0.29, 0.717) is 0 Å². The second-order valence-electron chi connectivity index (χ2n) is 4.46. The number of hydrogen-bond donors (Lipinski definition) is 1. The summed E-state index contributed by atoms with van der Waals surface area (Å²) in [4.78, 5) is 15.2. The fraction of sp³-hybridized carbons (Fsp3) is 0.583. The van der Waals surface area contributed by atoms with Crippen LogP contribution < -0.4 is 0 Å². The van der Waals surface area contributed by atoms with E-state index >= 15 is 0 Å². The lowest BCUT2D eigenvalue weighted by atomic mass is 10.3. The molecule has 7 heteroatoms. The van der Waals surface area contributed by atoms with E-state index < -0.39 is 5.97 Å². The van der Waals surface area contributed by atoms with Crippen molar-refractivity contribution in [3.8, 4) is 0 Å². The molecule has 0 spiro atoms. The van der Waals surface area contributed by atoms with Crippen molar-refractivity contribution in [2.24, 2.45) is 7.05 Å². The summed E-state index contributed by atoms with van der Waals surface area (Å²) in [6, 6.07) is 0. The third-order valence-corrected chi connectivity index (χ3v) is 3.88. The van der Waals surface area contributed by atoms with Gasteiger partial charge in [0, 0.05) is 13.6 Å². The fourth-order valence-corrected chi connectivity index (χ4v) is 2.81. The molecule has 0 unspecified atom stereocenters. The number of hydrogen-bond acceptors (Lipinski definition) is 4. The summed E-state index contributed by atoms with van der Waals surface area (Å²) >= 11 is 1.26. The van der Waals surface area contributed by atoms with Crippen LogP contribution in [0.2, 0.25) is 0 Å². The standard InChI is InChI=1S/C12H18N4O2S/c1-4-5-6-16-11-10(8(2)14-15(11)3)13-12(16)19-7-9(17)18/h4-7H2,1-3H3,(H,17,18). The average Bonchev–Trinajstić information content (AvgIpc) is 2.84. The van der Waals surface area contributed by atoms with Gasteiger partial charge in [-0.25, -0.2) is 4.98 Å². The van der Waals surface area contributed by atoms with Crippen molar-refractivity contribution in [2.75, 3.05) is 5.75 Å². The number of thioether (sulfide) groups is 1. The first-order valence-electron chi connectivity index (χ1n) is 6.29. The molecule has 0 aliphatic heterocycles. The number of fused-ring (bicyclic) bond motifs is 1. The van der Waals surface area contributed by atoms with Crippen LogP contribution in [-0.4, -0.2) is 36.2 Å². The van der Waals surface area contributed by atoms with Gasteiger partial charge in [0.15, 0.2) is 10.8 Å². The Bertz CT molecular complexity index is 602. The van der Waals surface area contributed by atoms with Crippen molar-refractivity contribution >= 4 is 28.9 Å². The van der Waals surface area contributed by atoms with Gasteiger partial charge in [0.05, 0.1) is 11.4 Å². The summed E-state index contributed by atoms with van der Waals surface area (Å²) < 4.78 is 3.89. The number of aliphatic carboxylic acids is 1. The maximum absolute atomic E-state index is 10.7. The minimum Gasteiger partial charge on any atom is -0.481 e. The van der Waals surface area contributed by atoms with Gasteiger partial charge < -0.3 is 9.67 Å². The molecule has 19 heavy (non-hydrogen) atoms. The summed E-state index contributed by atoms with van der Waals surface area (Å²) in [6.07, 6.45) is 2.12. The third kappa shape index (κ3) is 2.75. The molecule has 0 fully saturated rings. The second kappa shape index (κ2) is 5.64. The molecule has 0 saturated carbocycles. The lowest BCUT2D eigenvalue weighted by Crippen LogP contribution is -2.06. The Morgan fingerprint density at radius 3 is 2.84 bits per heavy atom. The highest BCUT2D eigenvalue weighted by Gasteiger charge is 2.17. The van der Waals surface area contributed by atoms with Crippen LogP contribution in [0, 0.1) is 6.92 Å². The highest BCUT2D eigenvalue weighted by Crippen LogP contribution is 2.26. The van der Waals surface area contributed by atoms with Crippen LogP contribution in [0.3, 0.4) is 0 Å². The van der Waals surface area contributed by atoms with Crippen LogP contribution in [0.5, 0.6) is 0 Å². The predicted molar refractivity (Wildman–Crippen MR) is 74.5 cm³/mol. The molecule has 0 aromatic carbocycles. The van der Waals surface area contributed by atoms with E-state index in [4.69, 9.17) is 5.11 Å². The molecule has 0 radical (unpaired) electrons. The molecule has 2 rings (SSSR count). The minimum absolute atomic E-state index is 0.0297. The topological polar surface area (TPSA) is 72.9 Å². The molecular formula is C12H18N4O2S. The zero-order valence-electron chi connectivity index (χ0n) is 11.4. The number of rotatable bonds is 6. The quantitative estimate of drug-likeness (QED) is 0.821. The molecule has 6 nitrogen and oxygen atoms in total. The van der Waals surface area contributed by atoms with E-state index in [9.17, 15) is 4.79 Å². The van der Waals surface area contributed by atoms with Crippen LogP contribution in [0.1, 0.15) is 25.5 Å². The highest BCUT2D eigenvalue weighted by atomic mass is 32.2. The van der Waals surface area contributed by atoms with Crippen molar-refractivity contribution in [3.05, 3.63) is 5.69 Å². The van der Waals surface area contributed by atoms with Crippen LogP contribution in [0.4, 0.5) is 0 Å². The largest absolute Gasteiger partial charge is 0.481 e. The summed E-state index contributed by atoms with van der Waals surface area (Å²) in [5, 5.41) is 13.9. The van der Waals surface area contributed by atoms with E-state index in [1.54, 1.807) is 0 Å². The number of nitrogens with zero attached hydrogens (tertiary/aromatic N) is 4. The number of imidazole rings is 1. The van der Waals surface area contributed by atoms with Gasteiger partial charge >= 0.3 is 5.97 Å². The monoisotopic (exact) mass is 282 g/mol. The van der Waals surface area contributed by atoms with Crippen molar-refractivity contribution in [3.63, 3.8) is 0 Å². The molecule has 0 amide bonds. The van der Waals surface area contributed by atoms with E-state index in [1.807, 2.05) is 18.7 Å². The summed E-state index contributed by atoms with van der Waals surface area (Å²) in [6.45, 7) is 4.89. The third-order valence-electron chi connectivity index (χ3n) is 2.92. The summed E-state index contributed by atoms with van der Waals surface area (Å²) in [5.74, 6) is -0.795. The molecule has 0 saturated heterocycles. The van der Waals surface area contributed by atoms with Crippen LogP contribution in [0.15, 0.2) is 5.16 Å². The molecule has 2 heterocycles. The highest BCUT2D eigenvalue weighted by molar-refractivity contribution is 7.99. The molecule has 0 bridgehead atoms. The Kier molecular flexibility index (Phi) is 4.14. The maximum atomic E-state index is 10.7. The van der Waals surface area contributed by atoms with Crippen molar-refractivity contribution < 1.29 is 9.90 Å². The molecule has 104 valence electrons. The molecular weight excluding hydrogens is 264 g/mol. The van der Waals surface area contributed by atoms with Gasteiger partial charge in [-0.1, -0.05) is 25.1 Å². The number of aromatic nitrogens is 4. The number of aryl methyl sites for hydroxylation is 3. The van der Waals surface area contributed by atoms with Gasteiger partial charge in [-0.2, -0.15) is 5.10 Å². The van der Waals surface area contributed by atoms with Gasteiger partial charge in [-0.3, -0.25) is 9.48 Å². The Morgan fingerprint density at radius 2 is 2.21 bits per heavy atom. The zero-order valence-corrected chi connectivity index (χ0v) is 12.2. The Labute approximate surface area is 115 Å². The summed E-state index contributed by atoms with van der Waals surface area (Å²) in [5.41, 5.74) is 2.72. The first-order valence-corrected chi connectivity index (χ1v) is 7.27. The van der Waals surface area contributed by atoms with Gasteiger partial charge in [-0.05, 0) is 13.3 Å². The van der Waals surface area contributed by atoms with Gasteiger partial charge in [0.2, 0.25) is 0 Å². The van der Waals surface area contributed by atoms with Crippen molar-refractivity contribution in [2.45, 2.75) is 38.4 Å². The second-order valence-corrected chi connectivity index (χ2v) is 5.41. The minimum atomic E-state index is -0.825. The Hall–Kier alpha value is -1.50. The predicted octanol–water partition coefficient (Wildman–Crippen LogP) is 2.06. The molecule has 0 aliphatic carbocycles. The molecule has 0 atom stereocenters. The Morgan fingerprint density at radius 1 is 1.47 bits per heavy atom. The molecule has 1 N–H and O–H groups in total. The van der Waals surface area contributed by atoms with Crippen LogP contribution >= 0.6 is 11.8 Å². The first-order chi connectivity index (χ1) is 9.04. The van der Waals surface area contributed by atoms with Gasteiger partial charge in [-0.15, -0.1) is 0 Å². The van der Waals surface area contributed by atoms with Crippen LogP contribution in [0.25, 0.3) is 11.2 Å². The van der Waals surface area contributed by atoms with Crippen molar-refractivity contribution in [1.82, 2.24) is 19.3 Å². The van der Waals surface area contributed by atoms with E-state index in [0.717, 1.165) is 41.4 Å². The van der Waals surface area contributed by atoms with Gasteiger partial charge in [0.1, 0.15) is 5.52 Å². The normalized spacial score (nSPS) is 11.3. The SMILES string of the molecule is CCCCn1c(SCC(=O)O)nc2c(C)nn(C)c21. The smallest absolute Gasteiger partial charge is 0.313 e. The van der Waals surface area contributed by atoms with E-state index in [-0.39, 0.29) is 5.75 Å². The molecule has 0 aliphatic rings. The number of carbonyl (C=O) groups is 1. The maximum Gasteiger partial charge on any atom is 0.313 e. The van der Waals surface area contributed by atoms with E-state index in [1.165, 1.54) is 11.8 Å². The number of carboxylic acid groups (broad SMARTS) is 1. The molecule has 2 aromatic rings. The summed E-state index contributed by atoms with van der Waals surface area (Å²) in [7, 11) is 1.89. The average molecular weight is 282 g/mol. The van der Waals surface area contributed by atoms with Crippen molar-refractivity contribution in [1.29, 1.82) is 0 Å². The lowest BCUT2D eigenvalue weighted by molar-refractivity contribution is -0.133. The lowest BCUT2D eigenvalue weighted by Gasteiger charge is -2.07. The first kappa shape index (κ1) is 13.9. The van der Waals surface area contributed by atoms with E-state index in [2.05, 4.69) is 21.6 Å². The zero-order chi connectivity index (χ0) is 14.0. The fourth-order valence-electron chi connectivity index (χ4n) is 2.07. The number of unbranched alkanes of at least 4 members (excludes halogenated alkanes) is 1.